The molecule has 0 fully saturated rings. The van der Waals surface area contributed by atoms with Gasteiger partial charge in [-0.15, -0.1) is 0 Å². The number of nitrogens with zero attached hydrogens (tertiary/aromatic N) is 1. The van der Waals surface area contributed by atoms with E-state index < -0.39 is 24.9 Å². The van der Waals surface area contributed by atoms with Crippen LogP contribution in [-0.2, 0) is 24.9 Å². The summed E-state index contributed by atoms with van der Waals surface area (Å²) in [6.07, 6.45) is 0. The van der Waals surface area contributed by atoms with E-state index in [1.165, 1.54) is 3.07 Å². The van der Waals surface area contributed by atoms with Crippen molar-refractivity contribution in [3.05, 3.63) is 30.3 Å². The van der Waals surface area contributed by atoms with Gasteiger partial charge in [-0.05, 0) is 0 Å². The van der Waals surface area contributed by atoms with Gasteiger partial charge in [-0.3, -0.25) is 0 Å². The fraction of sp³-hybridized carbons (Fsp3) is 0.400. The normalized spacial score (nSPS) is 10.2. The van der Waals surface area contributed by atoms with Gasteiger partial charge in [0.05, 0.1) is 0 Å². The predicted molar refractivity (Wildman–Crippen MR) is 51.8 cm³/mol. The van der Waals surface area contributed by atoms with E-state index in [0.717, 1.165) is 0 Å². The molecule has 0 saturated heterocycles. The third-order valence-corrected chi connectivity index (χ3v) is 9.53. The van der Waals surface area contributed by atoms with Gasteiger partial charge in [0.2, 0.25) is 0 Å². The van der Waals surface area contributed by atoms with E-state index >= 15 is 0 Å². The van der Waals surface area contributed by atoms with Crippen LogP contribution in [0.2, 0.25) is 0 Å². The summed E-state index contributed by atoms with van der Waals surface area (Å²) in [6.45, 7) is 1.79. The molecule has 0 aliphatic carbocycles. The minimum absolute atomic E-state index is 0.187. The first-order valence-corrected chi connectivity index (χ1v) is 10.1. The Kier molecular flexibility index (Phi) is 6.35. The summed E-state index contributed by atoms with van der Waals surface area (Å²) in [6, 6.07) is 10.4. The van der Waals surface area contributed by atoms with Crippen molar-refractivity contribution in [2.75, 3.05) is 26.3 Å². The zero-order valence-electron chi connectivity index (χ0n) is 8.26. The molecular weight excluding hydrogens is 367 g/mol. The first-order chi connectivity index (χ1) is 6.86. The van der Waals surface area contributed by atoms with Crippen LogP contribution in [0.4, 0.5) is 0 Å². The van der Waals surface area contributed by atoms with Crippen molar-refractivity contribution in [3.63, 3.8) is 0 Å². The summed E-state index contributed by atoms with van der Waals surface area (Å²) >= 11 is -1.28. The molecule has 0 bridgehead atoms. The van der Waals surface area contributed by atoms with Crippen LogP contribution in [0.3, 0.4) is 0 Å². The van der Waals surface area contributed by atoms with Gasteiger partial charge in [-0.25, -0.2) is 0 Å². The van der Waals surface area contributed by atoms with Gasteiger partial charge in [0, 0.05) is 0 Å². The Morgan fingerprint density at radius 3 is 2.07 bits per heavy atom. The summed E-state index contributed by atoms with van der Waals surface area (Å²) in [5.41, 5.74) is 0. The van der Waals surface area contributed by atoms with E-state index in [0.29, 0.717) is 13.1 Å². The van der Waals surface area contributed by atoms with Gasteiger partial charge in [-0.2, -0.15) is 0 Å². The molecule has 0 aliphatic heterocycles. The molecule has 0 atom stereocenters. The Morgan fingerprint density at radius 1 is 1.00 bits per heavy atom. The molecule has 0 aromatic heterocycles. The number of hydrogen-bond donors (Lipinski definition) is 2. The van der Waals surface area contributed by atoms with E-state index in [1.54, 1.807) is 0 Å². The summed E-state index contributed by atoms with van der Waals surface area (Å²) < 4.78 is 3.67. The van der Waals surface area contributed by atoms with Crippen LogP contribution in [-0.4, -0.2) is 39.2 Å². The Balaban J connectivity index is 2.46. The van der Waals surface area contributed by atoms with Crippen LogP contribution in [0.15, 0.2) is 30.3 Å². The van der Waals surface area contributed by atoms with E-state index in [2.05, 4.69) is 14.8 Å². The molecule has 0 aliphatic rings. The molecule has 3 nitrogen and oxygen atoms in total. The Bertz CT molecular complexity index is 237. The molecular formula is C10H15HgNO2. The van der Waals surface area contributed by atoms with E-state index in [-0.39, 0.29) is 13.2 Å². The molecule has 2 N–H and O–H groups in total. The van der Waals surface area contributed by atoms with Crippen molar-refractivity contribution in [2.45, 2.75) is 0 Å². The first-order valence-electron chi connectivity index (χ1n) is 4.85. The summed E-state index contributed by atoms with van der Waals surface area (Å²) in [5, 5.41) is 17.7. The molecule has 4 heteroatoms. The van der Waals surface area contributed by atoms with Crippen molar-refractivity contribution in [1.29, 1.82) is 0 Å². The minimum atomic E-state index is -1.28. The van der Waals surface area contributed by atoms with Crippen LogP contribution in [0.25, 0.3) is 0 Å². The summed E-state index contributed by atoms with van der Waals surface area (Å²) in [4.78, 5) is 0. The van der Waals surface area contributed by atoms with Gasteiger partial charge in [0.15, 0.2) is 0 Å². The maximum absolute atomic E-state index is 8.85. The first kappa shape index (κ1) is 12.1. The molecule has 0 spiro atoms. The molecule has 14 heavy (non-hydrogen) atoms. The summed E-state index contributed by atoms with van der Waals surface area (Å²) in [7, 11) is 0. The molecule has 0 saturated carbocycles. The zero-order chi connectivity index (χ0) is 10.2. The van der Waals surface area contributed by atoms with Gasteiger partial charge < -0.3 is 0 Å². The number of rotatable bonds is 6. The van der Waals surface area contributed by atoms with Crippen LogP contribution in [0.5, 0.6) is 0 Å². The second kappa shape index (κ2) is 7.34. The fourth-order valence-electron chi connectivity index (χ4n) is 1.39. The summed E-state index contributed by atoms with van der Waals surface area (Å²) in [5.74, 6) is 0. The zero-order valence-corrected chi connectivity index (χ0v) is 13.8. The molecule has 0 heterocycles. The SMILES string of the molecule is OCC[N](CCO)[Hg][c]1ccccc1. The van der Waals surface area contributed by atoms with E-state index in [9.17, 15) is 0 Å². The molecule has 1 rings (SSSR count). The van der Waals surface area contributed by atoms with Crippen LogP contribution < -0.4 is 3.07 Å². The molecule has 74 valence electrons. The molecule has 1 aromatic rings. The molecule has 0 unspecified atom stereocenters. The molecule has 0 amide bonds. The van der Waals surface area contributed by atoms with E-state index in [4.69, 9.17) is 10.2 Å². The third-order valence-electron chi connectivity index (χ3n) is 2.08. The van der Waals surface area contributed by atoms with Crippen molar-refractivity contribution in [1.82, 2.24) is 2.66 Å². The average Bonchev–Trinajstić information content (AvgIpc) is 2.20. The van der Waals surface area contributed by atoms with Gasteiger partial charge >= 0.3 is 97.5 Å². The Hall–Kier alpha value is 0.0351. The monoisotopic (exact) mass is 383 g/mol. The van der Waals surface area contributed by atoms with Crippen molar-refractivity contribution in [2.24, 2.45) is 0 Å². The molecule has 1 aromatic carbocycles. The van der Waals surface area contributed by atoms with Crippen molar-refractivity contribution >= 4 is 3.07 Å². The van der Waals surface area contributed by atoms with Crippen LogP contribution in [0.1, 0.15) is 0 Å². The number of aliphatic hydroxyl groups excluding tert-OH is 2. The second-order valence-electron chi connectivity index (χ2n) is 3.21. The Labute approximate surface area is 97.2 Å². The van der Waals surface area contributed by atoms with Gasteiger partial charge in [0.1, 0.15) is 0 Å². The standard InChI is InChI=1S/C6H5.C4H10NO2.Hg/c1-2-4-6-5-3-1;6-3-1-5-2-4-7;/h1-5H;6-7H,1-4H2;/q;-1;+1. The predicted octanol–water partition coefficient (Wildman–Crippen LogP) is -0.404. The molecule has 0 radical (unpaired) electrons. The van der Waals surface area contributed by atoms with Crippen molar-refractivity contribution < 1.29 is 35.1 Å². The van der Waals surface area contributed by atoms with E-state index in [1.807, 2.05) is 18.2 Å². The number of benzene rings is 1. The van der Waals surface area contributed by atoms with Crippen LogP contribution >= 0.6 is 0 Å². The van der Waals surface area contributed by atoms with Crippen molar-refractivity contribution in [3.8, 4) is 0 Å². The number of aliphatic hydroxyl groups is 2. The quantitative estimate of drug-likeness (QED) is 0.659. The number of hydrogen-bond acceptors (Lipinski definition) is 3. The second-order valence-corrected chi connectivity index (χ2v) is 11.1. The van der Waals surface area contributed by atoms with Crippen LogP contribution in [0, 0.1) is 0 Å². The topological polar surface area (TPSA) is 43.7 Å². The third kappa shape index (κ3) is 4.51. The van der Waals surface area contributed by atoms with Gasteiger partial charge in [-0.1, -0.05) is 0 Å². The van der Waals surface area contributed by atoms with Gasteiger partial charge in [0.25, 0.3) is 0 Å². The fourth-order valence-corrected chi connectivity index (χ4v) is 7.61. The maximum atomic E-state index is 8.85. The average molecular weight is 382 g/mol. The Morgan fingerprint density at radius 2 is 1.57 bits per heavy atom.